The van der Waals surface area contributed by atoms with Crippen molar-refractivity contribution in [2.24, 2.45) is 0 Å². The predicted molar refractivity (Wildman–Crippen MR) is 65.5 cm³/mol. The maximum Gasteiger partial charge on any atom is 0.234 e. The molecule has 1 amide bonds. The quantitative estimate of drug-likeness (QED) is 0.856. The summed E-state index contributed by atoms with van der Waals surface area (Å²) in [6.07, 6.45) is 0. The Hall–Kier alpha value is -1.16. The maximum atomic E-state index is 11.5. The molecule has 16 heavy (non-hydrogen) atoms. The summed E-state index contributed by atoms with van der Waals surface area (Å²) in [6.45, 7) is 3.95. The van der Waals surface area contributed by atoms with Crippen LogP contribution in [0.5, 0.6) is 5.75 Å². The third kappa shape index (κ3) is 1.89. The van der Waals surface area contributed by atoms with E-state index in [2.05, 4.69) is 5.32 Å². The van der Waals surface area contributed by atoms with Gasteiger partial charge in [0.05, 0.1) is 12.4 Å². The molecular formula is C12H15NO2S. The third-order valence-corrected chi connectivity index (χ3v) is 4.16. The molecule has 4 heteroatoms. The molecule has 2 rings (SSSR count). The standard InChI is InChI=1S/C12H15NO2S/c1-8-11(14)13-12(2,16-8)9-4-6-10(15-3)7-5-9/h4-8H,1-3H3,(H,13,14). The Bertz CT molecular complexity index is 404. The lowest BCUT2D eigenvalue weighted by Crippen LogP contribution is -2.34. The summed E-state index contributed by atoms with van der Waals surface area (Å²) < 4.78 is 5.11. The minimum atomic E-state index is -0.317. The van der Waals surface area contributed by atoms with Gasteiger partial charge in [-0.3, -0.25) is 4.79 Å². The van der Waals surface area contributed by atoms with Gasteiger partial charge >= 0.3 is 0 Å². The van der Waals surface area contributed by atoms with Crippen molar-refractivity contribution in [3.05, 3.63) is 29.8 Å². The van der Waals surface area contributed by atoms with Crippen molar-refractivity contribution in [1.29, 1.82) is 0 Å². The Morgan fingerprint density at radius 3 is 2.44 bits per heavy atom. The van der Waals surface area contributed by atoms with E-state index in [1.807, 2.05) is 38.1 Å². The van der Waals surface area contributed by atoms with Crippen molar-refractivity contribution in [2.45, 2.75) is 24.0 Å². The molecule has 1 aliphatic rings. The van der Waals surface area contributed by atoms with Crippen LogP contribution in [-0.2, 0) is 9.67 Å². The van der Waals surface area contributed by atoms with Crippen molar-refractivity contribution < 1.29 is 9.53 Å². The summed E-state index contributed by atoms with van der Waals surface area (Å²) in [4.78, 5) is 11.2. The summed E-state index contributed by atoms with van der Waals surface area (Å²) in [5.74, 6) is 0.929. The number of methoxy groups -OCH3 is 1. The molecule has 1 aromatic carbocycles. The minimum absolute atomic E-state index is 0.00658. The van der Waals surface area contributed by atoms with Crippen LogP contribution in [0.1, 0.15) is 19.4 Å². The van der Waals surface area contributed by atoms with Crippen molar-refractivity contribution in [1.82, 2.24) is 5.32 Å². The van der Waals surface area contributed by atoms with E-state index in [0.717, 1.165) is 11.3 Å². The van der Waals surface area contributed by atoms with E-state index >= 15 is 0 Å². The first-order valence-electron chi connectivity index (χ1n) is 5.19. The van der Waals surface area contributed by atoms with E-state index in [4.69, 9.17) is 4.74 Å². The zero-order valence-corrected chi connectivity index (χ0v) is 10.4. The zero-order valence-electron chi connectivity index (χ0n) is 9.61. The average molecular weight is 237 g/mol. The highest BCUT2D eigenvalue weighted by molar-refractivity contribution is 8.01. The van der Waals surface area contributed by atoms with Gasteiger partial charge in [0.1, 0.15) is 10.6 Å². The van der Waals surface area contributed by atoms with Crippen LogP contribution in [0.15, 0.2) is 24.3 Å². The van der Waals surface area contributed by atoms with Crippen LogP contribution in [0, 0.1) is 0 Å². The summed E-state index contributed by atoms with van der Waals surface area (Å²) in [5, 5.41) is 3.02. The largest absolute Gasteiger partial charge is 0.497 e. The predicted octanol–water partition coefficient (Wildman–Crippen LogP) is 2.12. The number of nitrogens with one attached hydrogen (secondary N) is 1. The molecule has 0 spiro atoms. The molecule has 2 atom stereocenters. The molecule has 2 unspecified atom stereocenters. The first-order valence-corrected chi connectivity index (χ1v) is 6.07. The van der Waals surface area contributed by atoms with Crippen LogP contribution in [0.4, 0.5) is 0 Å². The van der Waals surface area contributed by atoms with E-state index in [0.29, 0.717) is 0 Å². The molecule has 1 saturated heterocycles. The van der Waals surface area contributed by atoms with Gasteiger partial charge in [0.25, 0.3) is 0 Å². The van der Waals surface area contributed by atoms with Crippen molar-refractivity contribution in [2.75, 3.05) is 7.11 Å². The lowest BCUT2D eigenvalue weighted by Gasteiger charge is -2.23. The fourth-order valence-electron chi connectivity index (χ4n) is 1.82. The van der Waals surface area contributed by atoms with E-state index in [9.17, 15) is 4.79 Å². The molecule has 0 saturated carbocycles. The highest BCUT2D eigenvalue weighted by Crippen LogP contribution is 2.41. The van der Waals surface area contributed by atoms with Gasteiger partial charge in [-0.15, -0.1) is 11.8 Å². The van der Waals surface area contributed by atoms with E-state index in [1.165, 1.54) is 0 Å². The maximum absolute atomic E-state index is 11.5. The lowest BCUT2D eigenvalue weighted by molar-refractivity contribution is -0.120. The minimum Gasteiger partial charge on any atom is -0.497 e. The topological polar surface area (TPSA) is 38.3 Å². The molecule has 86 valence electrons. The molecule has 1 fully saturated rings. The van der Waals surface area contributed by atoms with Gasteiger partial charge in [-0.25, -0.2) is 0 Å². The number of carbonyl (C=O) groups is 1. The number of carbonyl (C=O) groups excluding carboxylic acids is 1. The zero-order chi connectivity index (χ0) is 11.8. The van der Waals surface area contributed by atoms with E-state index in [1.54, 1.807) is 18.9 Å². The van der Waals surface area contributed by atoms with Crippen LogP contribution < -0.4 is 10.1 Å². The summed E-state index contributed by atoms with van der Waals surface area (Å²) in [5.41, 5.74) is 1.09. The van der Waals surface area contributed by atoms with Crippen molar-refractivity contribution in [3.63, 3.8) is 0 Å². The highest BCUT2D eigenvalue weighted by Gasteiger charge is 2.40. The van der Waals surface area contributed by atoms with Gasteiger partial charge in [0.15, 0.2) is 0 Å². The van der Waals surface area contributed by atoms with Crippen LogP contribution in [0.25, 0.3) is 0 Å². The average Bonchev–Trinajstić information content (AvgIpc) is 2.54. The first kappa shape index (κ1) is 11.3. The number of ether oxygens (including phenoxy) is 1. The number of hydrogen-bond donors (Lipinski definition) is 1. The summed E-state index contributed by atoms with van der Waals surface area (Å²) in [7, 11) is 1.64. The molecule has 0 radical (unpaired) electrons. The van der Waals surface area contributed by atoms with Gasteiger partial charge in [-0.1, -0.05) is 12.1 Å². The Morgan fingerprint density at radius 2 is 2.00 bits per heavy atom. The van der Waals surface area contributed by atoms with Gasteiger partial charge in [0.2, 0.25) is 5.91 Å². The van der Waals surface area contributed by atoms with Crippen LogP contribution in [0.2, 0.25) is 0 Å². The third-order valence-electron chi connectivity index (χ3n) is 2.78. The molecule has 0 bridgehead atoms. The molecule has 0 aromatic heterocycles. The monoisotopic (exact) mass is 237 g/mol. The number of amides is 1. The molecule has 0 aliphatic carbocycles. The van der Waals surface area contributed by atoms with Crippen molar-refractivity contribution >= 4 is 17.7 Å². The Labute approximate surface area is 99.6 Å². The van der Waals surface area contributed by atoms with E-state index in [-0.39, 0.29) is 16.0 Å². The summed E-state index contributed by atoms with van der Waals surface area (Å²) >= 11 is 1.64. The van der Waals surface area contributed by atoms with Crippen LogP contribution >= 0.6 is 11.8 Å². The van der Waals surface area contributed by atoms with Gasteiger partial charge < -0.3 is 10.1 Å². The fraction of sp³-hybridized carbons (Fsp3) is 0.417. The van der Waals surface area contributed by atoms with Gasteiger partial charge in [-0.05, 0) is 31.5 Å². The second-order valence-corrected chi connectivity index (χ2v) is 5.77. The molecular weight excluding hydrogens is 222 g/mol. The smallest absolute Gasteiger partial charge is 0.234 e. The first-order chi connectivity index (χ1) is 7.55. The number of thioether (sulfide) groups is 1. The number of hydrogen-bond acceptors (Lipinski definition) is 3. The van der Waals surface area contributed by atoms with Gasteiger partial charge in [-0.2, -0.15) is 0 Å². The summed E-state index contributed by atoms with van der Waals surface area (Å²) in [6, 6.07) is 7.81. The highest BCUT2D eigenvalue weighted by atomic mass is 32.2. The molecule has 1 heterocycles. The Kier molecular flexibility index (Phi) is 2.84. The lowest BCUT2D eigenvalue weighted by atomic mass is 10.1. The molecule has 3 nitrogen and oxygen atoms in total. The fourth-order valence-corrected chi connectivity index (χ4v) is 3.13. The van der Waals surface area contributed by atoms with Crippen LogP contribution in [0.3, 0.4) is 0 Å². The van der Waals surface area contributed by atoms with Crippen molar-refractivity contribution in [3.8, 4) is 5.75 Å². The number of benzene rings is 1. The molecule has 1 aromatic rings. The SMILES string of the molecule is COc1ccc(C2(C)NC(=O)C(C)S2)cc1. The Morgan fingerprint density at radius 1 is 1.38 bits per heavy atom. The van der Waals surface area contributed by atoms with Crippen LogP contribution in [-0.4, -0.2) is 18.3 Å². The molecule has 1 aliphatic heterocycles. The normalized spacial score (nSPS) is 28.9. The van der Waals surface area contributed by atoms with Gasteiger partial charge in [0, 0.05) is 0 Å². The second-order valence-electron chi connectivity index (χ2n) is 4.01. The van der Waals surface area contributed by atoms with E-state index < -0.39 is 0 Å². The Balaban J connectivity index is 2.26. The second kappa shape index (κ2) is 4.01. The number of rotatable bonds is 2. The molecule has 1 N–H and O–H groups in total.